The van der Waals surface area contributed by atoms with E-state index in [1.54, 1.807) is 44.2 Å². The SMILES string of the molecule is Cc1ccc(C)c(S(=O)(=O)NCCC(=O)Nc2ccccc2NS(C)(=O)=O)c1. The quantitative estimate of drug-likeness (QED) is 0.597. The van der Waals surface area contributed by atoms with Gasteiger partial charge in [-0.15, -0.1) is 0 Å². The van der Waals surface area contributed by atoms with Crippen LogP contribution in [0.2, 0.25) is 0 Å². The predicted octanol–water partition coefficient (Wildman–Crippen LogP) is 1.98. The Morgan fingerprint density at radius 3 is 2.25 bits per heavy atom. The number of hydrogen-bond acceptors (Lipinski definition) is 5. The molecule has 0 radical (unpaired) electrons. The molecule has 3 N–H and O–H groups in total. The van der Waals surface area contributed by atoms with E-state index in [0.717, 1.165) is 11.8 Å². The Morgan fingerprint density at radius 2 is 1.61 bits per heavy atom. The number of sulfonamides is 2. The van der Waals surface area contributed by atoms with E-state index in [4.69, 9.17) is 0 Å². The number of benzene rings is 2. The molecule has 0 aliphatic heterocycles. The summed E-state index contributed by atoms with van der Waals surface area (Å²) < 4.78 is 52.4. The smallest absolute Gasteiger partial charge is 0.240 e. The summed E-state index contributed by atoms with van der Waals surface area (Å²) in [5.41, 5.74) is 1.95. The average molecular weight is 426 g/mol. The van der Waals surface area contributed by atoms with Crippen LogP contribution < -0.4 is 14.8 Å². The number of nitrogens with one attached hydrogen (secondary N) is 3. The van der Waals surface area contributed by atoms with Crippen molar-refractivity contribution in [1.29, 1.82) is 0 Å². The van der Waals surface area contributed by atoms with Gasteiger partial charge in [0.1, 0.15) is 0 Å². The molecule has 0 aliphatic carbocycles. The van der Waals surface area contributed by atoms with Crippen molar-refractivity contribution in [2.75, 3.05) is 22.8 Å². The molecule has 0 bridgehead atoms. The Kier molecular flexibility index (Phi) is 6.81. The van der Waals surface area contributed by atoms with Gasteiger partial charge in [0.25, 0.3) is 0 Å². The molecule has 2 aromatic rings. The van der Waals surface area contributed by atoms with E-state index in [0.29, 0.717) is 5.56 Å². The largest absolute Gasteiger partial charge is 0.324 e. The third kappa shape index (κ3) is 6.32. The third-order valence-corrected chi connectivity index (χ3v) is 5.97. The summed E-state index contributed by atoms with van der Waals surface area (Å²) >= 11 is 0. The Hall–Kier alpha value is -2.43. The molecule has 2 rings (SSSR count). The highest BCUT2D eigenvalue weighted by Crippen LogP contribution is 2.22. The molecule has 0 unspecified atom stereocenters. The zero-order chi connectivity index (χ0) is 20.9. The van der Waals surface area contributed by atoms with Crippen LogP contribution in [0, 0.1) is 13.8 Å². The van der Waals surface area contributed by atoms with Gasteiger partial charge in [-0.2, -0.15) is 0 Å². The van der Waals surface area contributed by atoms with E-state index in [1.165, 1.54) is 6.07 Å². The van der Waals surface area contributed by atoms with Gasteiger partial charge in [0, 0.05) is 13.0 Å². The molecule has 0 fully saturated rings. The van der Waals surface area contributed by atoms with E-state index < -0.39 is 26.0 Å². The molecule has 10 heteroatoms. The van der Waals surface area contributed by atoms with Crippen molar-refractivity contribution in [2.24, 2.45) is 0 Å². The molecule has 1 amide bonds. The lowest BCUT2D eigenvalue weighted by Gasteiger charge is -2.13. The van der Waals surface area contributed by atoms with E-state index in [-0.39, 0.29) is 29.2 Å². The summed E-state index contributed by atoms with van der Waals surface area (Å²) in [6, 6.07) is 11.5. The standard InChI is InChI=1S/C18H23N3O5S2/c1-13-8-9-14(2)17(12-13)28(25,26)19-11-10-18(22)20-15-6-4-5-7-16(15)21-27(3,23)24/h4-9,12,19,21H,10-11H2,1-3H3,(H,20,22). The zero-order valence-corrected chi connectivity index (χ0v) is 17.4. The highest BCUT2D eigenvalue weighted by atomic mass is 32.2. The predicted molar refractivity (Wildman–Crippen MR) is 109 cm³/mol. The molecule has 152 valence electrons. The van der Waals surface area contributed by atoms with Crippen LogP contribution in [0.25, 0.3) is 0 Å². The topological polar surface area (TPSA) is 121 Å². The molecule has 8 nitrogen and oxygen atoms in total. The maximum absolute atomic E-state index is 12.4. The van der Waals surface area contributed by atoms with Crippen LogP contribution in [-0.2, 0) is 24.8 Å². The van der Waals surface area contributed by atoms with Gasteiger partial charge in [-0.05, 0) is 43.2 Å². The molecule has 2 aromatic carbocycles. The molecular weight excluding hydrogens is 402 g/mol. The monoisotopic (exact) mass is 425 g/mol. The van der Waals surface area contributed by atoms with Crippen molar-refractivity contribution in [3.8, 4) is 0 Å². The number of aryl methyl sites for hydroxylation is 2. The lowest BCUT2D eigenvalue weighted by molar-refractivity contribution is -0.116. The normalized spacial score (nSPS) is 11.8. The van der Waals surface area contributed by atoms with Gasteiger partial charge >= 0.3 is 0 Å². The molecule has 0 saturated heterocycles. The molecule has 0 atom stereocenters. The Bertz CT molecular complexity index is 1080. The first-order chi connectivity index (χ1) is 13.0. The molecule has 0 aliphatic rings. The fourth-order valence-corrected chi connectivity index (χ4v) is 4.40. The van der Waals surface area contributed by atoms with Crippen molar-refractivity contribution in [2.45, 2.75) is 25.2 Å². The van der Waals surface area contributed by atoms with Crippen molar-refractivity contribution in [1.82, 2.24) is 4.72 Å². The minimum atomic E-state index is -3.74. The lowest BCUT2D eigenvalue weighted by Crippen LogP contribution is -2.28. The fraction of sp³-hybridized carbons (Fsp3) is 0.278. The molecule has 0 spiro atoms. The Balaban J connectivity index is 1.99. The van der Waals surface area contributed by atoms with Crippen LogP contribution in [0.1, 0.15) is 17.5 Å². The Labute approximate surface area is 165 Å². The number of anilines is 2. The summed E-state index contributed by atoms with van der Waals surface area (Å²) in [5, 5.41) is 2.58. The van der Waals surface area contributed by atoms with Gasteiger partial charge < -0.3 is 5.32 Å². The Morgan fingerprint density at radius 1 is 0.964 bits per heavy atom. The summed E-state index contributed by atoms with van der Waals surface area (Å²) in [6.45, 7) is 3.41. The van der Waals surface area contributed by atoms with Crippen LogP contribution in [0.15, 0.2) is 47.4 Å². The fourth-order valence-electron chi connectivity index (χ4n) is 2.47. The van der Waals surface area contributed by atoms with Gasteiger partial charge in [0.15, 0.2) is 0 Å². The van der Waals surface area contributed by atoms with Crippen LogP contribution in [0.5, 0.6) is 0 Å². The van der Waals surface area contributed by atoms with Crippen LogP contribution in [0.3, 0.4) is 0 Å². The van der Waals surface area contributed by atoms with Gasteiger partial charge in [-0.3, -0.25) is 9.52 Å². The molecular formula is C18H23N3O5S2. The number of rotatable bonds is 8. The highest BCUT2D eigenvalue weighted by molar-refractivity contribution is 7.92. The summed E-state index contributed by atoms with van der Waals surface area (Å²) in [5.74, 6) is -0.452. The van der Waals surface area contributed by atoms with E-state index in [9.17, 15) is 21.6 Å². The molecule has 28 heavy (non-hydrogen) atoms. The zero-order valence-electron chi connectivity index (χ0n) is 15.8. The van der Waals surface area contributed by atoms with Crippen LogP contribution in [0.4, 0.5) is 11.4 Å². The minimum absolute atomic E-state index is 0.0940. The molecule has 0 aromatic heterocycles. The van der Waals surface area contributed by atoms with E-state index in [1.807, 2.05) is 6.07 Å². The van der Waals surface area contributed by atoms with Crippen molar-refractivity contribution >= 4 is 37.3 Å². The maximum Gasteiger partial charge on any atom is 0.240 e. The van der Waals surface area contributed by atoms with Crippen LogP contribution in [-0.4, -0.2) is 35.5 Å². The number of para-hydroxylation sites is 2. The maximum atomic E-state index is 12.4. The van der Waals surface area contributed by atoms with Gasteiger partial charge in [0.05, 0.1) is 22.5 Å². The van der Waals surface area contributed by atoms with Crippen LogP contribution >= 0.6 is 0 Å². The second-order valence-corrected chi connectivity index (χ2v) is 9.87. The highest BCUT2D eigenvalue weighted by Gasteiger charge is 2.17. The molecule has 0 saturated carbocycles. The lowest BCUT2D eigenvalue weighted by atomic mass is 10.2. The minimum Gasteiger partial charge on any atom is -0.324 e. The summed E-state index contributed by atoms with van der Waals surface area (Å²) in [6.07, 6.45) is 0.894. The molecule has 0 heterocycles. The van der Waals surface area contributed by atoms with Crippen molar-refractivity contribution in [3.05, 3.63) is 53.6 Å². The van der Waals surface area contributed by atoms with E-state index >= 15 is 0 Å². The number of hydrogen-bond donors (Lipinski definition) is 3. The van der Waals surface area contributed by atoms with E-state index in [2.05, 4.69) is 14.8 Å². The van der Waals surface area contributed by atoms with Gasteiger partial charge in [0.2, 0.25) is 26.0 Å². The first-order valence-electron chi connectivity index (χ1n) is 8.41. The van der Waals surface area contributed by atoms with Gasteiger partial charge in [-0.1, -0.05) is 24.3 Å². The first-order valence-corrected chi connectivity index (χ1v) is 11.8. The summed E-state index contributed by atoms with van der Waals surface area (Å²) in [7, 11) is -7.24. The second kappa shape index (κ2) is 8.72. The average Bonchev–Trinajstić information content (AvgIpc) is 2.57. The third-order valence-electron chi connectivity index (χ3n) is 3.77. The number of amides is 1. The summed E-state index contributed by atoms with van der Waals surface area (Å²) in [4.78, 5) is 12.3. The number of carbonyl (C=O) groups excluding carboxylic acids is 1. The second-order valence-electron chi connectivity index (χ2n) is 6.38. The number of carbonyl (C=O) groups is 1. The van der Waals surface area contributed by atoms with Gasteiger partial charge in [-0.25, -0.2) is 21.6 Å². The van der Waals surface area contributed by atoms with Crippen molar-refractivity contribution in [3.63, 3.8) is 0 Å². The first kappa shape index (κ1) is 21.9. The van der Waals surface area contributed by atoms with Crippen molar-refractivity contribution < 1.29 is 21.6 Å².